The van der Waals surface area contributed by atoms with Crippen LogP contribution in [-0.4, -0.2) is 25.2 Å². The van der Waals surface area contributed by atoms with Crippen molar-refractivity contribution in [3.05, 3.63) is 93.2 Å². The molecule has 5 nitrogen and oxygen atoms in total. The monoisotopic (exact) mass is 478 g/mol. The van der Waals surface area contributed by atoms with Gasteiger partial charge in [-0.15, -0.1) is 0 Å². The van der Waals surface area contributed by atoms with E-state index in [-0.39, 0.29) is 22.2 Å². The third kappa shape index (κ3) is 4.45. The average Bonchev–Trinajstić information content (AvgIpc) is 2.75. The molecule has 0 bridgehead atoms. The minimum atomic E-state index is -3.92. The molecule has 0 fully saturated rings. The van der Waals surface area contributed by atoms with Crippen molar-refractivity contribution in [2.75, 3.05) is 11.9 Å². The molecule has 1 aliphatic rings. The fourth-order valence-corrected chi connectivity index (χ4v) is 5.34. The topological polar surface area (TPSA) is 66.5 Å². The van der Waals surface area contributed by atoms with Gasteiger partial charge in [0, 0.05) is 18.1 Å². The standard InChI is InChI=1S/C22H17Cl2FN2O3S/c23-16-5-8-21(19(24)11-16)26-22(28)18-12-17(6-7-20(18)25)31(29,30)27-10-9-14-3-1-2-4-15(14)13-27/h1-8,11-12H,9-10,13H2,(H,26,28). The lowest BCUT2D eigenvalue weighted by Crippen LogP contribution is -2.36. The summed E-state index contributed by atoms with van der Waals surface area (Å²) in [5.41, 5.74) is 1.86. The Bertz CT molecular complexity index is 1280. The van der Waals surface area contributed by atoms with Crippen LogP contribution in [0, 0.1) is 5.82 Å². The van der Waals surface area contributed by atoms with Crippen molar-refractivity contribution in [2.24, 2.45) is 0 Å². The zero-order chi connectivity index (χ0) is 22.2. The molecule has 9 heteroatoms. The Labute approximate surface area is 189 Å². The highest BCUT2D eigenvalue weighted by atomic mass is 35.5. The first kappa shape index (κ1) is 21.8. The molecular formula is C22H17Cl2FN2O3S. The molecule has 3 aromatic rings. The summed E-state index contributed by atoms with van der Waals surface area (Å²) < 4.78 is 42.1. The second-order valence-electron chi connectivity index (χ2n) is 7.08. The van der Waals surface area contributed by atoms with Gasteiger partial charge in [-0.3, -0.25) is 4.79 Å². The average molecular weight is 479 g/mol. The highest BCUT2D eigenvalue weighted by molar-refractivity contribution is 7.89. The van der Waals surface area contributed by atoms with Crippen LogP contribution in [0.5, 0.6) is 0 Å². The van der Waals surface area contributed by atoms with Crippen molar-refractivity contribution in [1.82, 2.24) is 4.31 Å². The van der Waals surface area contributed by atoms with E-state index >= 15 is 0 Å². The lowest BCUT2D eigenvalue weighted by Gasteiger charge is -2.28. The number of fused-ring (bicyclic) bond motifs is 1. The Morgan fingerprint density at radius 2 is 1.74 bits per heavy atom. The van der Waals surface area contributed by atoms with Crippen LogP contribution in [0.25, 0.3) is 0 Å². The molecule has 0 aromatic heterocycles. The van der Waals surface area contributed by atoms with E-state index in [0.717, 1.165) is 29.3 Å². The third-order valence-electron chi connectivity index (χ3n) is 5.10. The van der Waals surface area contributed by atoms with E-state index in [0.29, 0.717) is 18.0 Å². The summed E-state index contributed by atoms with van der Waals surface area (Å²) in [7, 11) is -3.92. The van der Waals surface area contributed by atoms with Crippen LogP contribution in [0.15, 0.2) is 65.6 Å². The van der Waals surface area contributed by atoms with Crippen molar-refractivity contribution in [3.63, 3.8) is 0 Å². The fourth-order valence-electron chi connectivity index (χ4n) is 3.44. The maximum absolute atomic E-state index is 14.4. The molecule has 1 amide bonds. The first-order valence-corrected chi connectivity index (χ1v) is 11.6. The number of rotatable bonds is 4. The van der Waals surface area contributed by atoms with Crippen LogP contribution >= 0.6 is 23.2 Å². The van der Waals surface area contributed by atoms with Gasteiger partial charge < -0.3 is 5.32 Å². The van der Waals surface area contributed by atoms with Crippen LogP contribution in [0.4, 0.5) is 10.1 Å². The second kappa shape index (κ2) is 8.59. The van der Waals surface area contributed by atoms with Gasteiger partial charge in [0.05, 0.1) is 21.2 Å². The van der Waals surface area contributed by atoms with Crippen LogP contribution in [0.3, 0.4) is 0 Å². The van der Waals surface area contributed by atoms with Gasteiger partial charge in [0.15, 0.2) is 0 Å². The van der Waals surface area contributed by atoms with Gasteiger partial charge in [-0.1, -0.05) is 47.5 Å². The normalized spacial score (nSPS) is 14.2. The number of nitrogens with zero attached hydrogens (tertiary/aromatic N) is 1. The van der Waals surface area contributed by atoms with Gasteiger partial charge in [0.25, 0.3) is 5.91 Å². The van der Waals surface area contributed by atoms with E-state index in [4.69, 9.17) is 23.2 Å². The molecule has 4 rings (SSSR count). The summed E-state index contributed by atoms with van der Waals surface area (Å²) in [5, 5.41) is 3.05. The molecule has 0 unspecified atom stereocenters. The molecule has 160 valence electrons. The van der Waals surface area contributed by atoms with Crippen LogP contribution in [0.2, 0.25) is 10.0 Å². The number of amides is 1. The van der Waals surface area contributed by atoms with Gasteiger partial charge in [0.2, 0.25) is 10.0 Å². The Morgan fingerprint density at radius 3 is 2.48 bits per heavy atom. The third-order valence-corrected chi connectivity index (χ3v) is 7.48. The number of anilines is 1. The van der Waals surface area contributed by atoms with Crippen molar-refractivity contribution in [1.29, 1.82) is 0 Å². The summed E-state index contributed by atoms with van der Waals surface area (Å²) in [6.07, 6.45) is 0.582. The molecule has 0 radical (unpaired) electrons. The van der Waals surface area contributed by atoms with Gasteiger partial charge in [-0.05, 0) is 53.9 Å². The van der Waals surface area contributed by atoms with Crippen LogP contribution in [-0.2, 0) is 23.0 Å². The highest BCUT2D eigenvalue weighted by Gasteiger charge is 2.29. The molecule has 3 aromatic carbocycles. The molecule has 1 heterocycles. The number of hydrogen-bond acceptors (Lipinski definition) is 3. The number of halogens is 3. The van der Waals surface area contributed by atoms with Crippen molar-refractivity contribution in [3.8, 4) is 0 Å². The van der Waals surface area contributed by atoms with E-state index in [1.54, 1.807) is 0 Å². The van der Waals surface area contributed by atoms with Crippen molar-refractivity contribution < 1.29 is 17.6 Å². The van der Waals surface area contributed by atoms with E-state index < -0.39 is 27.3 Å². The molecule has 0 saturated carbocycles. The molecule has 0 saturated heterocycles. The molecule has 31 heavy (non-hydrogen) atoms. The number of carbonyl (C=O) groups excluding carboxylic acids is 1. The van der Waals surface area contributed by atoms with Gasteiger partial charge in [-0.2, -0.15) is 4.31 Å². The molecule has 0 spiro atoms. The quantitative estimate of drug-likeness (QED) is 0.564. The SMILES string of the molecule is O=C(Nc1ccc(Cl)cc1Cl)c1cc(S(=O)(=O)N2CCc3ccccc3C2)ccc1F. The van der Waals surface area contributed by atoms with Gasteiger partial charge in [0.1, 0.15) is 5.82 Å². The number of carbonyl (C=O) groups is 1. The minimum Gasteiger partial charge on any atom is -0.321 e. The lowest BCUT2D eigenvalue weighted by atomic mass is 10.0. The van der Waals surface area contributed by atoms with Crippen molar-refractivity contribution >= 4 is 44.8 Å². The number of sulfonamides is 1. The maximum atomic E-state index is 14.4. The smallest absolute Gasteiger partial charge is 0.258 e. The Kier molecular flexibility index (Phi) is 6.03. The molecule has 1 N–H and O–H groups in total. The summed E-state index contributed by atoms with van der Waals surface area (Å²) in [5.74, 6) is -1.66. The van der Waals surface area contributed by atoms with E-state index in [9.17, 15) is 17.6 Å². The summed E-state index contributed by atoms with van der Waals surface area (Å²) in [6, 6.07) is 15.3. The molecule has 0 aliphatic carbocycles. The molecule has 1 aliphatic heterocycles. The Morgan fingerprint density at radius 1 is 1.00 bits per heavy atom. The van der Waals surface area contributed by atoms with Crippen LogP contribution in [0.1, 0.15) is 21.5 Å². The number of benzene rings is 3. The lowest BCUT2D eigenvalue weighted by molar-refractivity contribution is 0.102. The van der Waals surface area contributed by atoms with E-state index in [1.807, 2.05) is 24.3 Å². The zero-order valence-corrected chi connectivity index (χ0v) is 18.4. The Balaban J connectivity index is 1.62. The van der Waals surface area contributed by atoms with Gasteiger partial charge >= 0.3 is 0 Å². The number of hydrogen-bond donors (Lipinski definition) is 1. The maximum Gasteiger partial charge on any atom is 0.258 e. The predicted octanol–water partition coefficient (Wildman–Crippen LogP) is 5.13. The summed E-state index contributed by atoms with van der Waals surface area (Å²) in [4.78, 5) is 12.5. The first-order valence-electron chi connectivity index (χ1n) is 9.38. The molecule has 0 atom stereocenters. The second-order valence-corrected chi connectivity index (χ2v) is 9.86. The summed E-state index contributed by atoms with van der Waals surface area (Å²) in [6.45, 7) is 0.524. The first-order chi connectivity index (χ1) is 14.8. The largest absolute Gasteiger partial charge is 0.321 e. The predicted molar refractivity (Wildman–Crippen MR) is 119 cm³/mol. The zero-order valence-electron chi connectivity index (χ0n) is 16.1. The highest BCUT2D eigenvalue weighted by Crippen LogP contribution is 2.28. The number of nitrogens with one attached hydrogen (secondary N) is 1. The fraction of sp³-hybridized carbons (Fsp3) is 0.136. The van der Waals surface area contributed by atoms with Gasteiger partial charge in [-0.25, -0.2) is 12.8 Å². The Hall–Kier alpha value is -2.45. The minimum absolute atomic E-state index is 0.152. The molecular weight excluding hydrogens is 462 g/mol. The van der Waals surface area contributed by atoms with E-state index in [1.165, 1.54) is 22.5 Å². The summed E-state index contributed by atoms with van der Waals surface area (Å²) >= 11 is 11.9. The van der Waals surface area contributed by atoms with E-state index in [2.05, 4.69) is 5.32 Å². The van der Waals surface area contributed by atoms with Crippen LogP contribution < -0.4 is 5.32 Å². The van der Waals surface area contributed by atoms with Crippen molar-refractivity contribution in [2.45, 2.75) is 17.9 Å².